The van der Waals surface area contributed by atoms with E-state index in [2.05, 4.69) is 26.1 Å². The van der Waals surface area contributed by atoms with Gasteiger partial charge in [-0.15, -0.1) is 0 Å². The van der Waals surface area contributed by atoms with Crippen LogP contribution in [-0.4, -0.2) is 51.7 Å². The summed E-state index contributed by atoms with van der Waals surface area (Å²) in [5, 5.41) is 3.42. The second kappa shape index (κ2) is 7.75. The van der Waals surface area contributed by atoms with Crippen LogP contribution < -0.4 is 5.32 Å². The lowest BCUT2D eigenvalue weighted by Crippen LogP contribution is -2.53. The van der Waals surface area contributed by atoms with Gasteiger partial charge < -0.3 is 19.2 Å². The summed E-state index contributed by atoms with van der Waals surface area (Å²) in [5.74, 6) is -0.459. The van der Waals surface area contributed by atoms with Crippen molar-refractivity contribution in [1.29, 1.82) is 0 Å². The maximum Gasteiger partial charge on any atom is 0.412 e. The first-order valence-electron chi connectivity index (χ1n) is 9.92. The predicted molar refractivity (Wildman–Crippen MR) is 108 cm³/mol. The molecule has 1 aromatic rings. The number of hydrogen-bond acceptors (Lipinski definition) is 6. The topological polar surface area (TPSA) is 77.1 Å². The molecule has 1 saturated heterocycles. The van der Waals surface area contributed by atoms with Gasteiger partial charge in [-0.1, -0.05) is 39.0 Å². The summed E-state index contributed by atoms with van der Waals surface area (Å²) in [6.45, 7) is 6.51. The molecule has 0 radical (unpaired) electrons. The molecule has 1 N–H and O–H groups in total. The van der Waals surface area contributed by atoms with Crippen molar-refractivity contribution in [3.05, 3.63) is 29.8 Å². The SMILES string of the molecule is CC[Si](CC)(CC)O[C@@]12C[C@@H](C(=O)OC)N(C(=O)OC)[C@@H]1Nc1ccccc12. The van der Waals surface area contributed by atoms with Crippen LogP contribution in [0.2, 0.25) is 18.1 Å². The number of nitrogens with one attached hydrogen (secondary N) is 1. The third-order valence-corrected chi connectivity index (χ3v) is 11.1. The van der Waals surface area contributed by atoms with Gasteiger partial charge in [0, 0.05) is 17.7 Å². The average molecular weight is 407 g/mol. The van der Waals surface area contributed by atoms with Gasteiger partial charge >= 0.3 is 12.1 Å². The molecule has 3 rings (SSSR count). The first-order valence-corrected chi connectivity index (χ1v) is 12.4. The highest BCUT2D eigenvalue weighted by Crippen LogP contribution is 2.54. The summed E-state index contributed by atoms with van der Waals surface area (Å²) in [6, 6.07) is 10.1. The van der Waals surface area contributed by atoms with Gasteiger partial charge in [0.05, 0.1) is 14.2 Å². The number of ether oxygens (including phenoxy) is 2. The van der Waals surface area contributed by atoms with E-state index in [1.54, 1.807) is 0 Å². The highest BCUT2D eigenvalue weighted by atomic mass is 28.4. The van der Waals surface area contributed by atoms with Crippen LogP contribution in [0.25, 0.3) is 0 Å². The lowest BCUT2D eigenvalue weighted by atomic mass is 9.91. The second-order valence-corrected chi connectivity index (χ2v) is 12.1. The first kappa shape index (κ1) is 20.7. The molecule has 2 aliphatic heterocycles. The van der Waals surface area contributed by atoms with Gasteiger partial charge in [-0.3, -0.25) is 4.90 Å². The van der Waals surface area contributed by atoms with Crippen molar-refractivity contribution in [3.63, 3.8) is 0 Å². The second-order valence-electron chi connectivity index (χ2n) is 7.45. The van der Waals surface area contributed by atoms with Crippen molar-refractivity contribution in [3.8, 4) is 0 Å². The number of methoxy groups -OCH3 is 2. The Bertz CT molecular complexity index is 746. The Balaban J connectivity index is 2.15. The van der Waals surface area contributed by atoms with Crippen LogP contribution in [-0.2, 0) is 24.3 Å². The Hall–Kier alpha value is -2.06. The molecule has 7 nitrogen and oxygen atoms in total. The zero-order chi connectivity index (χ0) is 20.5. The Morgan fingerprint density at radius 1 is 1.14 bits per heavy atom. The normalized spacial score (nSPS) is 25.7. The van der Waals surface area contributed by atoms with Crippen LogP contribution in [0.15, 0.2) is 24.3 Å². The highest BCUT2D eigenvalue weighted by Gasteiger charge is 2.64. The molecule has 0 saturated carbocycles. The minimum atomic E-state index is -2.07. The molecule has 0 unspecified atom stereocenters. The average Bonchev–Trinajstić information content (AvgIpc) is 3.21. The molecule has 3 atom stereocenters. The third kappa shape index (κ3) is 2.99. The molecule has 154 valence electrons. The number of esters is 1. The van der Waals surface area contributed by atoms with Crippen molar-refractivity contribution in [1.82, 2.24) is 4.90 Å². The summed E-state index contributed by atoms with van der Waals surface area (Å²) < 4.78 is 17.1. The van der Waals surface area contributed by atoms with Gasteiger partial charge in [-0.05, 0) is 24.2 Å². The van der Waals surface area contributed by atoms with Crippen LogP contribution in [0.5, 0.6) is 0 Å². The predicted octanol–water partition coefficient (Wildman–Crippen LogP) is 3.67. The van der Waals surface area contributed by atoms with Gasteiger partial charge in [0.25, 0.3) is 0 Å². The van der Waals surface area contributed by atoms with Gasteiger partial charge in [-0.25, -0.2) is 9.59 Å². The van der Waals surface area contributed by atoms with E-state index in [0.29, 0.717) is 6.42 Å². The summed E-state index contributed by atoms with van der Waals surface area (Å²) in [7, 11) is 0.593. The zero-order valence-electron chi connectivity index (χ0n) is 17.3. The third-order valence-electron chi connectivity index (χ3n) is 6.42. The summed E-state index contributed by atoms with van der Waals surface area (Å²) >= 11 is 0. The fourth-order valence-corrected chi connectivity index (χ4v) is 7.66. The Kier molecular flexibility index (Phi) is 5.72. The van der Waals surface area contributed by atoms with Crippen LogP contribution >= 0.6 is 0 Å². The lowest BCUT2D eigenvalue weighted by Gasteiger charge is -2.41. The number of carbonyl (C=O) groups is 2. The van der Waals surface area contributed by atoms with Crippen molar-refractivity contribution in [2.75, 3.05) is 19.5 Å². The smallest absolute Gasteiger partial charge is 0.412 e. The van der Waals surface area contributed by atoms with Crippen LogP contribution in [0.3, 0.4) is 0 Å². The lowest BCUT2D eigenvalue weighted by molar-refractivity contribution is -0.145. The number of benzene rings is 1. The largest absolute Gasteiger partial charge is 0.467 e. The van der Waals surface area contributed by atoms with E-state index in [0.717, 1.165) is 29.4 Å². The van der Waals surface area contributed by atoms with Gasteiger partial charge in [0.2, 0.25) is 0 Å². The van der Waals surface area contributed by atoms with Crippen molar-refractivity contribution < 1.29 is 23.5 Å². The molecule has 1 fully saturated rings. The number of amides is 1. The van der Waals surface area contributed by atoms with Crippen molar-refractivity contribution >= 4 is 26.1 Å². The summed E-state index contributed by atoms with van der Waals surface area (Å²) in [6.07, 6.45) is -0.737. The van der Waals surface area contributed by atoms with E-state index in [4.69, 9.17) is 13.9 Å². The van der Waals surface area contributed by atoms with E-state index in [-0.39, 0.29) is 0 Å². The number of likely N-dealkylation sites (tertiary alicyclic amines) is 1. The van der Waals surface area contributed by atoms with Gasteiger partial charge in [0.15, 0.2) is 8.32 Å². The number of fused-ring (bicyclic) bond motifs is 3. The molecule has 2 aliphatic rings. The highest BCUT2D eigenvalue weighted by molar-refractivity contribution is 6.73. The van der Waals surface area contributed by atoms with Crippen LogP contribution in [0.4, 0.5) is 10.5 Å². The minimum Gasteiger partial charge on any atom is -0.467 e. The molecular formula is C20H30N2O5Si. The van der Waals surface area contributed by atoms with E-state index in [1.807, 2.05) is 24.3 Å². The van der Waals surface area contributed by atoms with Crippen LogP contribution in [0.1, 0.15) is 32.8 Å². The molecule has 1 aromatic carbocycles. The van der Waals surface area contributed by atoms with Gasteiger partial charge in [0.1, 0.15) is 17.8 Å². The van der Waals surface area contributed by atoms with E-state index < -0.39 is 38.2 Å². The quantitative estimate of drug-likeness (QED) is 0.574. The number of hydrogen-bond donors (Lipinski definition) is 1. The van der Waals surface area contributed by atoms with Crippen molar-refractivity contribution in [2.24, 2.45) is 0 Å². The molecule has 0 bridgehead atoms. The maximum absolute atomic E-state index is 12.7. The van der Waals surface area contributed by atoms with E-state index >= 15 is 0 Å². The molecule has 0 aromatic heterocycles. The Morgan fingerprint density at radius 3 is 2.36 bits per heavy atom. The monoisotopic (exact) mass is 406 g/mol. The van der Waals surface area contributed by atoms with Gasteiger partial charge in [-0.2, -0.15) is 0 Å². The fourth-order valence-electron chi connectivity index (χ4n) is 4.65. The van der Waals surface area contributed by atoms with Crippen LogP contribution in [0, 0.1) is 0 Å². The summed E-state index contributed by atoms with van der Waals surface area (Å²) in [4.78, 5) is 26.7. The number of para-hydroxylation sites is 1. The molecule has 8 heteroatoms. The molecule has 0 aliphatic carbocycles. The number of carbonyl (C=O) groups excluding carboxylic acids is 2. The number of rotatable bonds is 6. The molecule has 28 heavy (non-hydrogen) atoms. The van der Waals surface area contributed by atoms with Crippen molar-refractivity contribution in [2.45, 2.75) is 63.1 Å². The molecular weight excluding hydrogens is 376 g/mol. The number of nitrogens with zero attached hydrogens (tertiary/aromatic N) is 1. The molecule has 2 heterocycles. The summed E-state index contributed by atoms with van der Waals surface area (Å²) in [5.41, 5.74) is 1.13. The first-order chi connectivity index (χ1) is 13.4. The number of anilines is 1. The minimum absolute atomic E-state index is 0.345. The Morgan fingerprint density at radius 2 is 1.79 bits per heavy atom. The standard InChI is InChI=1S/C20H30N2O5Si/c1-6-28(7-2,8-3)27-20-13-16(17(23)25-4)22(19(24)26-5)18(20)21-15-12-10-9-11-14(15)20/h9-12,16,18,21H,6-8,13H2,1-5H3/t16-,18-,20+/m0/s1. The maximum atomic E-state index is 12.7. The van der Waals surface area contributed by atoms with E-state index in [1.165, 1.54) is 19.1 Å². The molecule has 0 spiro atoms. The molecule has 1 amide bonds. The van der Waals surface area contributed by atoms with E-state index in [9.17, 15) is 9.59 Å². The fraction of sp³-hybridized carbons (Fsp3) is 0.600. The Labute approximate surface area is 167 Å². The zero-order valence-corrected chi connectivity index (χ0v) is 18.3.